The first kappa shape index (κ1) is 21.7. The predicted octanol–water partition coefficient (Wildman–Crippen LogP) is 2.55. The zero-order chi connectivity index (χ0) is 21.6. The van der Waals surface area contributed by atoms with Crippen LogP contribution in [0.4, 0.5) is 5.69 Å². The number of nitrogens with zero attached hydrogens (tertiary/aromatic N) is 1. The molecule has 1 aliphatic heterocycles. The summed E-state index contributed by atoms with van der Waals surface area (Å²) in [6.07, 6.45) is 4.94. The zero-order valence-corrected chi connectivity index (χ0v) is 19.0. The van der Waals surface area contributed by atoms with Gasteiger partial charge in [-0.2, -0.15) is 0 Å². The lowest BCUT2D eigenvalue weighted by Gasteiger charge is -2.34. The van der Waals surface area contributed by atoms with Gasteiger partial charge in [-0.25, -0.2) is 0 Å². The van der Waals surface area contributed by atoms with Gasteiger partial charge in [0.2, 0.25) is 0 Å². The van der Waals surface area contributed by atoms with Crippen LogP contribution in [0.1, 0.15) is 49.4 Å². The molecule has 0 radical (unpaired) electrons. The number of fused-ring (bicyclic) bond motifs is 1. The van der Waals surface area contributed by atoms with E-state index < -0.39 is 0 Å². The van der Waals surface area contributed by atoms with Gasteiger partial charge in [0.05, 0.1) is 44.5 Å². The minimum Gasteiger partial charge on any atom is -0.492 e. The maximum atomic E-state index is 12.7. The normalized spacial score (nSPS) is 17.7. The highest BCUT2D eigenvalue weighted by Gasteiger charge is 2.24. The molecule has 0 aromatic heterocycles. The van der Waals surface area contributed by atoms with Gasteiger partial charge in [0, 0.05) is 0 Å². The van der Waals surface area contributed by atoms with Gasteiger partial charge in [-0.1, -0.05) is 30.3 Å². The largest absolute Gasteiger partial charge is 0.492 e. The van der Waals surface area contributed by atoms with Crippen LogP contribution < -0.4 is 19.9 Å². The molecule has 166 valence electrons. The summed E-state index contributed by atoms with van der Waals surface area (Å²) >= 11 is 0. The lowest BCUT2D eigenvalue weighted by molar-refractivity contribution is -0.892. The van der Waals surface area contributed by atoms with Gasteiger partial charge in [0.15, 0.2) is 6.54 Å². The Morgan fingerprint density at radius 3 is 2.61 bits per heavy atom. The molecule has 1 fully saturated rings. The highest BCUT2D eigenvalue weighted by molar-refractivity contribution is 5.77. The SMILES string of the molecule is CCOc1ccccc1N1CC[NH+](CC(=O)N[C@@H](C)c2ccc3c(c2)CCCC3)CC1. The third-order valence-corrected chi connectivity index (χ3v) is 6.64. The molecular formula is C26H36N3O2+. The number of quaternary nitrogens is 1. The van der Waals surface area contributed by atoms with Gasteiger partial charge in [-0.15, -0.1) is 0 Å². The molecule has 5 heteroatoms. The van der Waals surface area contributed by atoms with E-state index in [4.69, 9.17) is 4.74 Å². The third kappa shape index (κ3) is 5.40. The third-order valence-electron chi connectivity index (χ3n) is 6.64. The number of nitrogens with one attached hydrogen (secondary N) is 2. The smallest absolute Gasteiger partial charge is 0.275 e. The molecule has 2 aromatic rings. The van der Waals surface area contributed by atoms with Crippen molar-refractivity contribution in [1.29, 1.82) is 0 Å². The van der Waals surface area contributed by atoms with E-state index in [9.17, 15) is 4.79 Å². The van der Waals surface area contributed by atoms with Crippen LogP contribution in [0, 0.1) is 0 Å². The summed E-state index contributed by atoms with van der Waals surface area (Å²) < 4.78 is 5.79. The molecule has 2 aromatic carbocycles. The highest BCUT2D eigenvalue weighted by Crippen LogP contribution is 2.28. The topological polar surface area (TPSA) is 46.0 Å². The van der Waals surface area contributed by atoms with E-state index in [-0.39, 0.29) is 11.9 Å². The summed E-state index contributed by atoms with van der Waals surface area (Å²) in [7, 11) is 0. The lowest BCUT2D eigenvalue weighted by atomic mass is 9.89. The van der Waals surface area contributed by atoms with E-state index in [0.717, 1.165) is 37.6 Å². The summed E-state index contributed by atoms with van der Waals surface area (Å²) in [6, 6.07) is 15.1. The quantitative estimate of drug-likeness (QED) is 0.721. The van der Waals surface area contributed by atoms with Crippen molar-refractivity contribution in [3.8, 4) is 5.75 Å². The van der Waals surface area contributed by atoms with Crippen molar-refractivity contribution < 1.29 is 14.4 Å². The van der Waals surface area contributed by atoms with E-state index in [1.165, 1.54) is 47.3 Å². The van der Waals surface area contributed by atoms with Crippen molar-refractivity contribution in [2.45, 2.75) is 45.6 Å². The van der Waals surface area contributed by atoms with Crippen molar-refractivity contribution in [3.63, 3.8) is 0 Å². The summed E-state index contributed by atoms with van der Waals surface area (Å²) in [5.74, 6) is 1.09. The number of para-hydroxylation sites is 2. The number of carbonyl (C=O) groups excluding carboxylic acids is 1. The van der Waals surface area contributed by atoms with Gasteiger partial charge < -0.3 is 19.9 Å². The van der Waals surface area contributed by atoms with Gasteiger partial charge in [0.25, 0.3) is 5.91 Å². The highest BCUT2D eigenvalue weighted by atomic mass is 16.5. The van der Waals surface area contributed by atoms with E-state index in [1.807, 2.05) is 19.1 Å². The first-order valence-corrected chi connectivity index (χ1v) is 11.9. The second-order valence-electron chi connectivity index (χ2n) is 8.84. The second kappa shape index (κ2) is 10.2. The molecule has 31 heavy (non-hydrogen) atoms. The molecule has 1 heterocycles. The average Bonchev–Trinajstić information content (AvgIpc) is 2.80. The average molecular weight is 423 g/mol. The van der Waals surface area contributed by atoms with Gasteiger partial charge in [0.1, 0.15) is 5.75 Å². The molecule has 4 rings (SSSR count). The van der Waals surface area contributed by atoms with Crippen LogP contribution in [0.3, 0.4) is 0 Å². The molecule has 0 bridgehead atoms. The number of hydrogen-bond donors (Lipinski definition) is 2. The first-order valence-electron chi connectivity index (χ1n) is 11.9. The van der Waals surface area contributed by atoms with E-state index in [0.29, 0.717) is 13.2 Å². The van der Waals surface area contributed by atoms with Crippen LogP contribution >= 0.6 is 0 Å². The molecule has 2 aliphatic rings. The van der Waals surface area contributed by atoms with Gasteiger partial charge in [-0.3, -0.25) is 4.79 Å². The molecule has 1 saturated heterocycles. The van der Waals surface area contributed by atoms with Crippen LogP contribution in [0.25, 0.3) is 0 Å². The van der Waals surface area contributed by atoms with Gasteiger partial charge >= 0.3 is 0 Å². The summed E-state index contributed by atoms with van der Waals surface area (Å²) in [6.45, 7) is 9.12. The predicted molar refractivity (Wildman–Crippen MR) is 125 cm³/mol. The zero-order valence-electron chi connectivity index (χ0n) is 19.0. The maximum Gasteiger partial charge on any atom is 0.275 e. The Morgan fingerprint density at radius 2 is 1.84 bits per heavy atom. The van der Waals surface area contributed by atoms with Crippen LogP contribution in [-0.4, -0.2) is 45.2 Å². The van der Waals surface area contributed by atoms with E-state index in [1.54, 1.807) is 0 Å². The molecule has 0 spiro atoms. The fraction of sp³-hybridized carbons (Fsp3) is 0.500. The number of ether oxygens (including phenoxy) is 1. The van der Waals surface area contributed by atoms with Crippen molar-refractivity contribution in [1.82, 2.24) is 5.32 Å². The first-order chi connectivity index (χ1) is 15.1. The Hall–Kier alpha value is -2.53. The fourth-order valence-electron chi connectivity index (χ4n) is 4.86. The molecule has 2 N–H and O–H groups in total. The van der Waals surface area contributed by atoms with E-state index >= 15 is 0 Å². The second-order valence-corrected chi connectivity index (χ2v) is 8.84. The standard InChI is InChI=1S/C26H35N3O2/c1-3-31-25-11-7-6-10-24(25)29-16-14-28(15-17-29)19-26(30)27-20(2)22-13-12-21-8-4-5-9-23(21)18-22/h6-7,10-13,18,20H,3-5,8-9,14-17,19H2,1-2H3,(H,27,30)/p+1/t20-/m0/s1. The number of anilines is 1. The minimum absolute atomic E-state index is 0.0542. The van der Waals surface area contributed by atoms with Crippen LogP contribution in [0.2, 0.25) is 0 Å². The Labute approximate surface area is 186 Å². The van der Waals surface area contributed by atoms with E-state index in [2.05, 4.69) is 47.5 Å². The Kier molecular flexibility index (Phi) is 7.13. The van der Waals surface area contributed by atoms with Crippen molar-refractivity contribution >= 4 is 11.6 Å². The molecule has 1 aliphatic carbocycles. The van der Waals surface area contributed by atoms with Crippen LogP contribution in [0.5, 0.6) is 5.75 Å². The molecule has 0 unspecified atom stereocenters. The molecule has 5 nitrogen and oxygen atoms in total. The van der Waals surface area contributed by atoms with Crippen LogP contribution in [0.15, 0.2) is 42.5 Å². The lowest BCUT2D eigenvalue weighted by Crippen LogP contribution is -3.15. The van der Waals surface area contributed by atoms with Gasteiger partial charge in [-0.05, 0) is 68.4 Å². The molecule has 0 saturated carbocycles. The number of benzene rings is 2. The minimum atomic E-state index is 0.0542. The van der Waals surface area contributed by atoms with Crippen molar-refractivity contribution in [2.24, 2.45) is 0 Å². The number of hydrogen-bond acceptors (Lipinski definition) is 3. The fourth-order valence-corrected chi connectivity index (χ4v) is 4.86. The molecule has 1 atom stereocenters. The number of rotatable bonds is 7. The summed E-state index contributed by atoms with van der Waals surface area (Å²) in [4.78, 5) is 16.4. The Morgan fingerprint density at radius 1 is 1.10 bits per heavy atom. The van der Waals surface area contributed by atoms with Crippen molar-refractivity contribution in [2.75, 3.05) is 44.2 Å². The number of carbonyl (C=O) groups is 1. The Bertz CT molecular complexity index is 890. The molecule has 1 amide bonds. The summed E-state index contributed by atoms with van der Waals surface area (Å²) in [5.41, 5.74) is 5.34. The monoisotopic (exact) mass is 422 g/mol. The summed E-state index contributed by atoms with van der Waals surface area (Å²) in [5, 5.41) is 3.23. The molecular weight excluding hydrogens is 386 g/mol. The Balaban J connectivity index is 1.27. The maximum absolute atomic E-state index is 12.7. The van der Waals surface area contributed by atoms with Crippen molar-refractivity contribution in [3.05, 3.63) is 59.2 Å². The number of amides is 1. The number of aryl methyl sites for hydroxylation is 2. The number of piperazine rings is 1. The van der Waals surface area contributed by atoms with Crippen LogP contribution in [-0.2, 0) is 17.6 Å².